The molecule has 0 radical (unpaired) electrons. The zero-order chi connectivity index (χ0) is 16.1. The number of esters is 1. The molecule has 0 bridgehead atoms. The first-order valence-corrected chi connectivity index (χ1v) is 6.90. The van der Waals surface area contributed by atoms with Crippen LogP contribution < -0.4 is 5.32 Å². The molecule has 0 fully saturated rings. The summed E-state index contributed by atoms with van der Waals surface area (Å²) in [4.78, 5) is 23.9. The van der Waals surface area contributed by atoms with E-state index < -0.39 is 18.0 Å². The Balaban J connectivity index is 1.99. The third-order valence-corrected chi connectivity index (χ3v) is 3.20. The molecule has 1 atom stereocenters. The molecular formula is C16H14ClNO4. The Hall–Kier alpha value is -2.53. The van der Waals surface area contributed by atoms with E-state index in [9.17, 15) is 14.7 Å². The summed E-state index contributed by atoms with van der Waals surface area (Å²) in [6, 6.07) is 12.4. The number of halogens is 1. The highest BCUT2D eigenvalue weighted by atomic mass is 35.5. The Morgan fingerprint density at radius 1 is 1.18 bits per heavy atom. The van der Waals surface area contributed by atoms with E-state index in [1.807, 2.05) is 0 Å². The van der Waals surface area contributed by atoms with Crippen LogP contribution in [0.4, 0.5) is 5.69 Å². The van der Waals surface area contributed by atoms with Gasteiger partial charge < -0.3 is 15.2 Å². The Morgan fingerprint density at radius 3 is 2.59 bits per heavy atom. The highest BCUT2D eigenvalue weighted by Gasteiger charge is 2.19. The monoisotopic (exact) mass is 319 g/mol. The Bertz CT molecular complexity index is 702. The molecule has 0 aliphatic rings. The van der Waals surface area contributed by atoms with E-state index in [1.165, 1.54) is 31.2 Å². The second-order valence-electron chi connectivity index (χ2n) is 4.57. The van der Waals surface area contributed by atoms with Gasteiger partial charge in [-0.3, -0.25) is 4.79 Å². The van der Waals surface area contributed by atoms with Crippen LogP contribution in [-0.4, -0.2) is 23.1 Å². The molecule has 0 aliphatic carbocycles. The maximum Gasteiger partial charge on any atom is 0.339 e. The summed E-state index contributed by atoms with van der Waals surface area (Å²) < 4.78 is 5.06. The van der Waals surface area contributed by atoms with Crippen LogP contribution in [0.5, 0.6) is 5.75 Å². The standard InChI is InChI=1S/C16H14ClNO4/c1-10(15(20)18-14-8-3-2-7-13(14)17)22-16(21)11-5-4-6-12(19)9-11/h2-10,19H,1H3,(H,18,20)/t10-/m0/s1. The van der Waals surface area contributed by atoms with Crippen LogP contribution in [0.2, 0.25) is 5.02 Å². The van der Waals surface area contributed by atoms with E-state index in [2.05, 4.69) is 5.32 Å². The molecule has 0 saturated carbocycles. The number of nitrogens with one attached hydrogen (secondary N) is 1. The molecule has 22 heavy (non-hydrogen) atoms. The van der Waals surface area contributed by atoms with E-state index in [0.29, 0.717) is 10.7 Å². The summed E-state index contributed by atoms with van der Waals surface area (Å²) in [6.07, 6.45) is -1.01. The average molecular weight is 320 g/mol. The number of carbonyl (C=O) groups excluding carboxylic acids is 2. The first-order chi connectivity index (χ1) is 10.5. The van der Waals surface area contributed by atoms with Gasteiger partial charge in [0.2, 0.25) is 0 Å². The van der Waals surface area contributed by atoms with Crippen LogP contribution in [0.3, 0.4) is 0 Å². The van der Waals surface area contributed by atoms with E-state index in [0.717, 1.165) is 0 Å². The quantitative estimate of drug-likeness (QED) is 0.848. The smallest absolute Gasteiger partial charge is 0.339 e. The average Bonchev–Trinajstić information content (AvgIpc) is 2.49. The lowest BCUT2D eigenvalue weighted by atomic mass is 10.2. The molecule has 5 nitrogen and oxygen atoms in total. The Morgan fingerprint density at radius 2 is 1.91 bits per heavy atom. The number of para-hydroxylation sites is 1. The van der Waals surface area contributed by atoms with Gasteiger partial charge in [0.15, 0.2) is 6.10 Å². The lowest BCUT2D eigenvalue weighted by Gasteiger charge is -2.14. The van der Waals surface area contributed by atoms with Crippen molar-refractivity contribution in [3.63, 3.8) is 0 Å². The predicted octanol–water partition coefficient (Wildman–Crippen LogP) is 3.23. The number of anilines is 1. The van der Waals surface area contributed by atoms with Crippen molar-refractivity contribution >= 4 is 29.2 Å². The fourth-order valence-electron chi connectivity index (χ4n) is 1.71. The SMILES string of the molecule is C[C@H](OC(=O)c1cccc(O)c1)C(=O)Nc1ccccc1Cl. The van der Waals surface area contributed by atoms with Gasteiger partial charge in [0.1, 0.15) is 5.75 Å². The Labute approximate surface area is 132 Å². The molecule has 0 unspecified atom stereocenters. The number of rotatable bonds is 4. The third kappa shape index (κ3) is 3.99. The highest BCUT2D eigenvalue weighted by Crippen LogP contribution is 2.21. The molecule has 114 valence electrons. The minimum absolute atomic E-state index is 0.0531. The summed E-state index contributed by atoms with van der Waals surface area (Å²) in [5.41, 5.74) is 0.604. The van der Waals surface area contributed by atoms with Crippen molar-refractivity contribution in [1.82, 2.24) is 0 Å². The normalized spacial score (nSPS) is 11.5. The van der Waals surface area contributed by atoms with E-state index in [-0.39, 0.29) is 11.3 Å². The van der Waals surface area contributed by atoms with Crippen molar-refractivity contribution in [1.29, 1.82) is 0 Å². The van der Waals surface area contributed by atoms with Gasteiger partial charge in [0.25, 0.3) is 5.91 Å². The first kappa shape index (κ1) is 15.9. The minimum atomic E-state index is -1.01. The van der Waals surface area contributed by atoms with Crippen molar-refractivity contribution < 1.29 is 19.4 Å². The fourth-order valence-corrected chi connectivity index (χ4v) is 1.89. The number of aromatic hydroxyl groups is 1. The summed E-state index contributed by atoms with van der Waals surface area (Å²) >= 11 is 5.94. The first-order valence-electron chi connectivity index (χ1n) is 6.53. The van der Waals surface area contributed by atoms with Gasteiger partial charge in [-0.1, -0.05) is 29.8 Å². The number of carbonyl (C=O) groups is 2. The lowest BCUT2D eigenvalue weighted by molar-refractivity contribution is -0.123. The van der Waals surface area contributed by atoms with Crippen LogP contribution in [0.1, 0.15) is 17.3 Å². The molecule has 6 heteroatoms. The number of phenols is 1. The zero-order valence-corrected chi connectivity index (χ0v) is 12.5. The number of amides is 1. The van der Waals surface area contributed by atoms with Gasteiger partial charge in [0.05, 0.1) is 16.3 Å². The predicted molar refractivity (Wildman–Crippen MR) is 83.1 cm³/mol. The molecule has 0 saturated heterocycles. The summed E-state index contributed by atoms with van der Waals surface area (Å²) in [7, 11) is 0. The molecule has 2 rings (SSSR count). The molecular weight excluding hydrogens is 306 g/mol. The van der Waals surface area contributed by atoms with Crippen molar-refractivity contribution in [3.8, 4) is 5.75 Å². The van der Waals surface area contributed by atoms with Gasteiger partial charge in [-0.15, -0.1) is 0 Å². The molecule has 1 amide bonds. The molecule has 2 aromatic carbocycles. The number of ether oxygens (including phenoxy) is 1. The van der Waals surface area contributed by atoms with Gasteiger partial charge >= 0.3 is 5.97 Å². The van der Waals surface area contributed by atoms with Crippen LogP contribution in [0.25, 0.3) is 0 Å². The topological polar surface area (TPSA) is 75.6 Å². The van der Waals surface area contributed by atoms with Gasteiger partial charge in [0, 0.05) is 0 Å². The number of hydrogen-bond acceptors (Lipinski definition) is 4. The summed E-state index contributed by atoms with van der Waals surface area (Å²) in [5, 5.41) is 12.3. The molecule has 2 aromatic rings. The number of benzene rings is 2. The van der Waals surface area contributed by atoms with Gasteiger partial charge in [-0.05, 0) is 37.3 Å². The molecule has 0 aliphatic heterocycles. The second-order valence-corrected chi connectivity index (χ2v) is 4.97. The summed E-state index contributed by atoms with van der Waals surface area (Å²) in [5.74, 6) is -1.25. The maximum atomic E-state index is 12.0. The minimum Gasteiger partial charge on any atom is -0.508 e. The molecule has 0 spiro atoms. The molecule has 0 aromatic heterocycles. The molecule has 0 heterocycles. The zero-order valence-electron chi connectivity index (χ0n) is 11.7. The third-order valence-electron chi connectivity index (χ3n) is 2.87. The highest BCUT2D eigenvalue weighted by molar-refractivity contribution is 6.33. The Kier molecular flexibility index (Phi) is 5.01. The van der Waals surface area contributed by atoms with Gasteiger partial charge in [-0.2, -0.15) is 0 Å². The number of phenolic OH excluding ortho intramolecular Hbond substituents is 1. The van der Waals surface area contributed by atoms with Crippen LogP contribution in [0.15, 0.2) is 48.5 Å². The number of hydrogen-bond donors (Lipinski definition) is 2. The van der Waals surface area contributed by atoms with Crippen LogP contribution >= 0.6 is 11.6 Å². The van der Waals surface area contributed by atoms with Gasteiger partial charge in [-0.25, -0.2) is 4.79 Å². The van der Waals surface area contributed by atoms with E-state index >= 15 is 0 Å². The summed E-state index contributed by atoms with van der Waals surface area (Å²) in [6.45, 7) is 1.45. The van der Waals surface area contributed by atoms with E-state index in [1.54, 1.807) is 24.3 Å². The fraction of sp³-hybridized carbons (Fsp3) is 0.125. The molecule has 2 N–H and O–H groups in total. The van der Waals surface area contributed by atoms with Crippen molar-refractivity contribution in [3.05, 3.63) is 59.1 Å². The van der Waals surface area contributed by atoms with Crippen molar-refractivity contribution in [2.75, 3.05) is 5.32 Å². The lowest BCUT2D eigenvalue weighted by Crippen LogP contribution is -2.30. The largest absolute Gasteiger partial charge is 0.508 e. The van der Waals surface area contributed by atoms with Crippen molar-refractivity contribution in [2.24, 2.45) is 0 Å². The van der Waals surface area contributed by atoms with Crippen molar-refractivity contribution in [2.45, 2.75) is 13.0 Å². The van der Waals surface area contributed by atoms with Crippen LogP contribution in [-0.2, 0) is 9.53 Å². The maximum absolute atomic E-state index is 12.0. The second kappa shape index (κ2) is 6.95. The van der Waals surface area contributed by atoms with E-state index in [4.69, 9.17) is 16.3 Å². The van der Waals surface area contributed by atoms with Crippen LogP contribution in [0, 0.1) is 0 Å².